The van der Waals surface area contributed by atoms with Gasteiger partial charge in [0.15, 0.2) is 0 Å². The first-order chi connectivity index (χ1) is 8.97. The van der Waals surface area contributed by atoms with Crippen LogP contribution < -0.4 is 4.74 Å². The maximum Gasteiger partial charge on any atom is 0.338 e. The van der Waals surface area contributed by atoms with Gasteiger partial charge < -0.3 is 19.3 Å². The molecule has 0 saturated heterocycles. The highest BCUT2D eigenvalue weighted by atomic mass is 16.5. The number of carboxylic acid groups (broad SMARTS) is 1. The first-order valence-electron chi connectivity index (χ1n) is 5.60. The quantitative estimate of drug-likeness (QED) is 0.789. The molecule has 0 unspecified atom stereocenters. The topological polar surface area (TPSA) is 82.1 Å². The van der Waals surface area contributed by atoms with E-state index in [1.807, 2.05) is 0 Å². The highest BCUT2D eigenvalue weighted by Gasteiger charge is 2.14. The summed E-state index contributed by atoms with van der Waals surface area (Å²) >= 11 is 0. The number of hydrogen-bond donors (Lipinski definition) is 1. The summed E-state index contributed by atoms with van der Waals surface area (Å²) in [5, 5.41) is 8.99. The van der Waals surface area contributed by atoms with Gasteiger partial charge in [-0.25, -0.2) is 9.59 Å². The van der Waals surface area contributed by atoms with E-state index in [0.29, 0.717) is 6.61 Å². The lowest BCUT2D eigenvalue weighted by molar-refractivity contribution is 0.0598. The summed E-state index contributed by atoms with van der Waals surface area (Å²) in [5.74, 6) is -1.48. The molecule has 1 N–H and O–H groups in total. The van der Waals surface area contributed by atoms with Gasteiger partial charge in [0.25, 0.3) is 0 Å². The zero-order valence-electron chi connectivity index (χ0n) is 11.0. The van der Waals surface area contributed by atoms with Crippen molar-refractivity contribution in [3.63, 3.8) is 0 Å². The number of carbonyl (C=O) groups excluding carboxylic acids is 1. The summed E-state index contributed by atoms with van der Waals surface area (Å²) in [6, 6.07) is 4.02. The van der Waals surface area contributed by atoms with Crippen molar-refractivity contribution in [3.05, 3.63) is 29.3 Å². The van der Waals surface area contributed by atoms with Gasteiger partial charge in [-0.05, 0) is 25.1 Å². The Bertz CT molecular complexity index is 468. The van der Waals surface area contributed by atoms with E-state index in [0.717, 1.165) is 0 Å². The smallest absolute Gasteiger partial charge is 0.338 e. The fourth-order valence-electron chi connectivity index (χ4n) is 1.53. The van der Waals surface area contributed by atoms with Crippen LogP contribution in [-0.4, -0.2) is 44.0 Å². The monoisotopic (exact) mass is 268 g/mol. The van der Waals surface area contributed by atoms with Gasteiger partial charge in [0.2, 0.25) is 0 Å². The van der Waals surface area contributed by atoms with Crippen molar-refractivity contribution >= 4 is 11.9 Å². The molecule has 0 aliphatic carbocycles. The van der Waals surface area contributed by atoms with Gasteiger partial charge in [-0.15, -0.1) is 0 Å². The van der Waals surface area contributed by atoms with Gasteiger partial charge in [-0.3, -0.25) is 0 Å². The molecule has 6 heteroatoms. The van der Waals surface area contributed by atoms with E-state index in [1.165, 1.54) is 32.4 Å². The molecular weight excluding hydrogens is 252 g/mol. The van der Waals surface area contributed by atoms with Gasteiger partial charge in [-0.2, -0.15) is 0 Å². The molecule has 0 aromatic heterocycles. The van der Waals surface area contributed by atoms with Crippen molar-refractivity contribution in [1.82, 2.24) is 0 Å². The minimum Gasteiger partial charge on any atom is -0.488 e. The lowest BCUT2D eigenvalue weighted by atomic mass is 10.1. The van der Waals surface area contributed by atoms with Crippen LogP contribution in [0.3, 0.4) is 0 Å². The van der Waals surface area contributed by atoms with Gasteiger partial charge in [0.1, 0.15) is 11.9 Å². The highest BCUT2D eigenvalue weighted by Crippen LogP contribution is 2.19. The number of methoxy groups -OCH3 is 2. The molecule has 1 atom stereocenters. The number of carbonyl (C=O) groups is 2. The van der Waals surface area contributed by atoms with Crippen LogP contribution in [0.4, 0.5) is 0 Å². The molecule has 0 radical (unpaired) electrons. The van der Waals surface area contributed by atoms with Crippen LogP contribution in [0.1, 0.15) is 27.6 Å². The van der Waals surface area contributed by atoms with Gasteiger partial charge >= 0.3 is 11.9 Å². The Hall–Kier alpha value is -2.08. The maximum atomic E-state index is 11.5. The second-order valence-corrected chi connectivity index (χ2v) is 3.93. The second kappa shape index (κ2) is 6.75. The van der Waals surface area contributed by atoms with Crippen LogP contribution in [-0.2, 0) is 9.47 Å². The van der Waals surface area contributed by atoms with E-state index in [-0.39, 0.29) is 23.0 Å². The summed E-state index contributed by atoms with van der Waals surface area (Å²) in [5.41, 5.74) is 0.0875. The van der Waals surface area contributed by atoms with E-state index in [4.69, 9.17) is 14.6 Å². The van der Waals surface area contributed by atoms with Gasteiger partial charge in [0, 0.05) is 7.11 Å². The van der Waals surface area contributed by atoms with E-state index in [1.54, 1.807) is 6.92 Å². The Morgan fingerprint density at radius 3 is 2.37 bits per heavy atom. The largest absolute Gasteiger partial charge is 0.488 e. The molecule has 0 amide bonds. The molecule has 0 aliphatic rings. The predicted molar refractivity (Wildman–Crippen MR) is 66.7 cm³/mol. The molecule has 104 valence electrons. The number of hydrogen-bond acceptors (Lipinski definition) is 5. The normalized spacial score (nSPS) is 11.7. The molecule has 1 aromatic carbocycles. The third-order valence-electron chi connectivity index (χ3n) is 2.31. The number of benzene rings is 1. The number of ether oxygens (including phenoxy) is 3. The van der Waals surface area contributed by atoms with E-state index < -0.39 is 11.9 Å². The lowest BCUT2D eigenvalue weighted by Gasteiger charge is -2.14. The maximum absolute atomic E-state index is 11.5. The molecular formula is C13H16O6. The molecule has 1 rings (SSSR count). The fourth-order valence-corrected chi connectivity index (χ4v) is 1.53. The van der Waals surface area contributed by atoms with Crippen LogP contribution in [0.15, 0.2) is 18.2 Å². The summed E-state index contributed by atoms with van der Waals surface area (Å²) < 4.78 is 15.0. The number of carboxylic acids is 1. The van der Waals surface area contributed by atoms with Crippen molar-refractivity contribution in [2.75, 3.05) is 20.8 Å². The SMILES string of the molecule is COC[C@H](C)Oc1cc(C(=O)O)cc(C(=O)OC)c1. The lowest BCUT2D eigenvalue weighted by Crippen LogP contribution is -2.18. The summed E-state index contributed by atoms with van der Waals surface area (Å²) in [7, 11) is 2.76. The standard InChI is InChI=1S/C13H16O6/c1-8(7-17-2)19-11-5-9(12(14)15)4-10(6-11)13(16)18-3/h4-6,8H,7H2,1-3H3,(H,14,15)/t8-/m0/s1. The first-order valence-corrected chi connectivity index (χ1v) is 5.60. The minimum absolute atomic E-state index is 0.0393. The molecule has 0 saturated carbocycles. The van der Waals surface area contributed by atoms with Crippen LogP contribution in [0.5, 0.6) is 5.75 Å². The molecule has 19 heavy (non-hydrogen) atoms. The van der Waals surface area contributed by atoms with Gasteiger partial charge in [-0.1, -0.05) is 0 Å². The number of rotatable bonds is 6. The Morgan fingerprint density at radius 2 is 1.84 bits per heavy atom. The van der Waals surface area contributed by atoms with Crippen LogP contribution in [0.25, 0.3) is 0 Å². The molecule has 0 aliphatic heterocycles. The Morgan fingerprint density at radius 1 is 1.21 bits per heavy atom. The van der Waals surface area contributed by atoms with E-state index in [9.17, 15) is 9.59 Å². The number of aromatic carboxylic acids is 1. The van der Waals surface area contributed by atoms with Crippen molar-refractivity contribution in [2.45, 2.75) is 13.0 Å². The third-order valence-corrected chi connectivity index (χ3v) is 2.31. The summed E-state index contributed by atoms with van der Waals surface area (Å²) in [4.78, 5) is 22.5. The van der Waals surface area contributed by atoms with Crippen molar-refractivity contribution in [1.29, 1.82) is 0 Å². The Labute approximate surface area is 110 Å². The second-order valence-electron chi connectivity index (χ2n) is 3.93. The molecule has 0 bridgehead atoms. The fraction of sp³-hybridized carbons (Fsp3) is 0.385. The minimum atomic E-state index is -1.14. The van der Waals surface area contributed by atoms with E-state index >= 15 is 0 Å². The Balaban J connectivity index is 3.06. The third kappa shape index (κ3) is 4.26. The van der Waals surface area contributed by atoms with Crippen molar-refractivity contribution < 1.29 is 28.9 Å². The average molecular weight is 268 g/mol. The van der Waals surface area contributed by atoms with Crippen LogP contribution >= 0.6 is 0 Å². The van der Waals surface area contributed by atoms with Crippen LogP contribution in [0, 0.1) is 0 Å². The average Bonchev–Trinajstić information content (AvgIpc) is 2.37. The summed E-state index contributed by atoms with van der Waals surface area (Å²) in [6.07, 6.45) is -0.264. The van der Waals surface area contributed by atoms with Crippen molar-refractivity contribution in [3.8, 4) is 5.75 Å². The molecule has 6 nitrogen and oxygen atoms in total. The molecule has 0 heterocycles. The first kappa shape index (κ1) is 15.0. The van der Waals surface area contributed by atoms with Crippen molar-refractivity contribution in [2.24, 2.45) is 0 Å². The number of esters is 1. The zero-order chi connectivity index (χ0) is 14.4. The van der Waals surface area contributed by atoms with Gasteiger partial charge in [0.05, 0.1) is 24.8 Å². The zero-order valence-corrected chi connectivity index (χ0v) is 11.0. The molecule has 0 spiro atoms. The van der Waals surface area contributed by atoms with E-state index in [2.05, 4.69) is 4.74 Å². The summed E-state index contributed by atoms with van der Waals surface area (Å²) in [6.45, 7) is 2.12. The molecule has 0 fully saturated rings. The predicted octanol–water partition coefficient (Wildman–Crippen LogP) is 1.59. The highest BCUT2D eigenvalue weighted by molar-refractivity contribution is 5.95. The molecule has 1 aromatic rings. The van der Waals surface area contributed by atoms with Crippen LogP contribution in [0.2, 0.25) is 0 Å². The Kier molecular flexibility index (Phi) is 5.32.